The van der Waals surface area contributed by atoms with E-state index in [1.54, 1.807) is 11.3 Å². The number of aryl methyl sites for hydroxylation is 2. The lowest BCUT2D eigenvalue weighted by Gasteiger charge is -2.18. The maximum Gasteiger partial charge on any atom is 0.162 e. The Morgan fingerprint density at radius 2 is 1.84 bits per heavy atom. The maximum absolute atomic E-state index is 5.68. The Balaban J connectivity index is 1.59. The Bertz CT molecular complexity index is 935. The molecule has 0 N–H and O–H groups in total. The first-order chi connectivity index (χ1) is 12.1. The van der Waals surface area contributed by atoms with Crippen molar-refractivity contribution in [2.75, 3.05) is 13.2 Å². The van der Waals surface area contributed by atoms with Crippen molar-refractivity contribution in [2.45, 2.75) is 20.3 Å². The molecular formula is C20H18INO2S. The van der Waals surface area contributed by atoms with E-state index >= 15 is 0 Å². The lowest BCUT2D eigenvalue weighted by atomic mass is 10.0. The first kappa shape index (κ1) is 16.8. The number of halogens is 1. The van der Waals surface area contributed by atoms with Crippen LogP contribution in [0.2, 0.25) is 0 Å². The van der Waals surface area contributed by atoms with Crippen molar-refractivity contribution in [3.8, 4) is 22.1 Å². The fourth-order valence-corrected chi connectivity index (χ4v) is 4.36. The summed E-state index contributed by atoms with van der Waals surface area (Å²) in [5.74, 6) is 1.63. The highest BCUT2D eigenvalue weighted by atomic mass is 127. The van der Waals surface area contributed by atoms with E-state index in [2.05, 4.69) is 60.0 Å². The van der Waals surface area contributed by atoms with Gasteiger partial charge in [0.1, 0.15) is 18.2 Å². The molecule has 2 heterocycles. The largest absolute Gasteiger partial charge is 0.486 e. The van der Waals surface area contributed by atoms with Crippen molar-refractivity contribution < 1.29 is 9.47 Å². The molecule has 128 valence electrons. The maximum atomic E-state index is 5.68. The van der Waals surface area contributed by atoms with E-state index < -0.39 is 0 Å². The van der Waals surface area contributed by atoms with E-state index in [1.807, 2.05) is 12.1 Å². The van der Waals surface area contributed by atoms with Crippen LogP contribution in [0.1, 0.15) is 22.4 Å². The lowest BCUT2D eigenvalue weighted by Crippen LogP contribution is -2.15. The highest BCUT2D eigenvalue weighted by Gasteiger charge is 2.14. The van der Waals surface area contributed by atoms with Crippen LogP contribution in [-0.2, 0) is 6.42 Å². The second-order valence-corrected chi connectivity index (χ2v) is 8.23. The number of nitrogens with zero attached hydrogens (tertiary/aromatic N) is 1. The van der Waals surface area contributed by atoms with Gasteiger partial charge in [0.05, 0.1) is 5.69 Å². The molecule has 3 nitrogen and oxygen atoms in total. The third-order valence-corrected chi connectivity index (χ3v) is 6.43. The average Bonchev–Trinajstić information content (AvgIpc) is 3.08. The van der Waals surface area contributed by atoms with Crippen LogP contribution in [0.5, 0.6) is 11.5 Å². The molecule has 25 heavy (non-hydrogen) atoms. The number of ether oxygens (including phenoxy) is 2. The summed E-state index contributed by atoms with van der Waals surface area (Å²) in [6.07, 6.45) is 0.866. The second kappa shape index (κ2) is 6.96. The SMILES string of the molecule is Cc1cc(Cc2csc(-c3ccc4c(c3)OCCO4)n2)c(C)cc1I. The Kier molecular flexibility index (Phi) is 4.69. The topological polar surface area (TPSA) is 31.4 Å². The Labute approximate surface area is 165 Å². The Morgan fingerprint density at radius 3 is 2.68 bits per heavy atom. The summed E-state index contributed by atoms with van der Waals surface area (Å²) in [5.41, 5.74) is 6.18. The van der Waals surface area contributed by atoms with E-state index in [0.717, 1.165) is 34.2 Å². The highest BCUT2D eigenvalue weighted by molar-refractivity contribution is 14.1. The molecule has 2 aromatic carbocycles. The predicted molar refractivity (Wildman–Crippen MR) is 110 cm³/mol. The molecular weight excluding hydrogens is 445 g/mol. The summed E-state index contributed by atoms with van der Waals surface area (Å²) in [6.45, 7) is 5.55. The van der Waals surface area contributed by atoms with Crippen molar-refractivity contribution in [1.82, 2.24) is 4.98 Å². The van der Waals surface area contributed by atoms with Gasteiger partial charge in [-0.1, -0.05) is 6.07 Å². The normalized spacial score (nSPS) is 13.1. The van der Waals surface area contributed by atoms with Crippen molar-refractivity contribution in [3.05, 3.63) is 61.7 Å². The van der Waals surface area contributed by atoms with Crippen molar-refractivity contribution in [1.29, 1.82) is 0 Å². The summed E-state index contributed by atoms with van der Waals surface area (Å²) < 4.78 is 12.6. The van der Waals surface area contributed by atoms with Gasteiger partial charge in [0.2, 0.25) is 0 Å². The molecule has 0 atom stereocenters. The zero-order valence-electron chi connectivity index (χ0n) is 14.1. The molecule has 0 saturated carbocycles. The van der Waals surface area contributed by atoms with E-state index in [4.69, 9.17) is 14.5 Å². The van der Waals surface area contributed by atoms with Gasteiger partial charge in [0.15, 0.2) is 11.5 Å². The fourth-order valence-electron chi connectivity index (χ4n) is 2.92. The van der Waals surface area contributed by atoms with Crippen molar-refractivity contribution in [3.63, 3.8) is 0 Å². The van der Waals surface area contributed by atoms with Crippen LogP contribution in [0.3, 0.4) is 0 Å². The number of rotatable bonds is 3. The van der Waals surface area contributed by atoms with Gasteiger partial charge in [-0.25, -0.2) is 4.98 Å². The second-order valence-electron chi connectivity index (χ2n) is 6.21. The predicted octanol–water partition coefficient (Wildman–Crippen LogP) is 5.39. The van der Waals surface area contributed by atoms with Crippen molar-refractivity contribution >= 4 is 33.9 Å². The van der Waals surface area contributed by atoms with Crippen LogP contribution >= 0.6 is 33.9 Å². The number of benzene rings is 2. The molecule has 1 aliphatic heterocycles. The molecule has 0 bridgehead atoms. The summed E-state index contributed by atoms with van der Waals surface area (Å²) in [6, 6.07) is 10.6. The fraction of sp³-hybridized carbons (Fsp3) is 0.250. The molecule has 5 heteroatoms. The van der Waals surface area contributed by atoms with Gasteiger partial charge in [-0.15, -0.1) is 11.3 Å². The lowest BCUT2D eigenvalue weighted by molar-refractivity contribution is 0.171. The molecule has 3 aromatic rings. The molecule has 1 aliphatic rings. The molecule has 0 radical (unpaired) electrons. The van der Waals surface area contributed by atoms with Gasteiger partial charge in [0.25, 0.3) is 0 Å². The molecule has 0 unspecified atom stereocenters. The smallest absolute Gasteiger partial charge is 0.162 e. The number of hydrogen-bond acceptors (Lipinski definition) is 4. The highest BCUT2D eigenvalue weighted by Crippen LogP contribution is 2.35. The molecule has 4 rings (SSSR count). The van der Waals surface area contributed by atoms with Gasteiger partial charge in [-0.2, -0.15) is 0 Å². The summed E-state index contributed by atoms with van der Waals surface area (Å²) in [5, 5.41) is 3.17. The third kappa shape index (κ3) is 3.53. The first-order valence-corrected chi connectivity index (χ1v) is 10.2. The minimum atomic E-state index is 0.602. The number of aromatic nitrogens is 1. The molecule has 0 amide bonds. The van der Waals surface area contributed by atoms with Crippen LogP contribution in [0.15, 0.2) is 35.7 Å². The first-order valence-electron chi connectivity index (χ1n) is 8.20. The summed E-state index contributed by atoms with van der Waals surface area (Å²) >= 11 is 4.07. The van der Waals surface area contributed by atoms with Crippen LogP contribution < -0.4 is 9.47 Å². The number of thiazole rings is 1. The van der Waals surface area contributed by atoms with Crippen molar-refractivity contribution in [2.24, 2.45) is 0 Å². The third-order valence-electron chi connectivity index (χ3n) is 4.33. The average molecular weight is 463 g/mol. The van der Waals surface area contributed by atoms with Crippen LogP contribution in [0, 0.1) is 17.4 Å². The zero-order chi connectivity index (χ0) is 17.4. The van der Waals surface area contributed by atoms with Gasteiger partial charge in [-0.05, 0) is 77.4 Å². The van der Waals surface area contributed by atoms with Gasteiger partial charge >= 0.3 is 0 Å². The van der Waals surface area contributed by atoms with Crippen LogP contribution in [-0.4, -0.2) is 18.2 Å². The number of fused-ring (bicyclic) bond motifs is 1. The zero-order valence-corrected chi connectivity index (χ0v) is 17.1. The minimum Gasteiger partial charge on any atom is -0.486 e. The molecule has 0 saturated heterocycles. The van der Waals surface area contributed by atoms with Crippen LogP contribution in [0.25, 0.3) is 10.6 Å². The van der Waals surface area contributed by atoms with Crippen LogP contribution in [0.4, 0.5) is 0 Å². The van der Waals surface area contributed by atoms with E-state index in [1.165, 1.54) is 20.3 Å². The van der Waals surface area contributed by atoms with Gasteiger partial charge < -0.3 is 9.47 Å². The Hall–Kier alpha value is -1.60. The monoisotopic (exact) mass is 463 g/mol. The molecule has 0 spiro atoms. The summed E-state index contributed by atoms with van der Waals surface area (Å²) in [4.78, 5) is 4.84. The van der Waals surface area contributed by atoms with E-state index in [-0.39, 0.29) is 0 Å². The molecule has 1 aromatic heterocycles. The molecule has 0 fully saturated rings. The summed E-state index contributed by atoms with van der Waals surface area (Å²) in [7, 11) is 0. The van der Waals surface area contributed by atoms with Gasteiger partial charge in [0, 0.05) is 20.9 Å². The van der Waals surface area contributed by atoms with E-state index in [0.29, 0.717) is 13.2 Å². The number of hydrogen-bond donors (Lipinski definition) is 0. The van der Waals surface area contributed by atoms with Gasteiger partial charge in [-0.3, -0.25) is 0 Å². The molecule has 0 aliphatic carbocycles. The minimum absolute atomic E-state index is 0.602. The quantitative estimate of drug-likeness (QED) is 0.488. The Morgan fingerprint density at radius 1 is 1.04 bits per heavy atom. The van der Waals surface area contributed by atoms with E-state index in [9.17, 15) is 0 Å². The standard InChI is InChI=1S/C20H18INO2S/c1-12-8-17(21)13(2)7-15(12)9-16-11-25-20(22-16)14-3-4-18-19(10-14)24-6-5-23-18/h3-4,7-8,10-11H,5-6,9H2,1-2H3.